The molecule has 0 aliphatic carbocycles. The van der Waals surface area contributed by atoms with Crippen LogP contribution < -0.4 is 5.43 Å². The van der Waals surface area contributed by atoms with Crippen LogP contribution in [0.2, 0.25) is 0 Å². The van der Waals surface area contributed by atoms with E-state index in [1.54, 1.807) is 12.1 Å². The largest absolute Gasteiger partial charge is 0.357 e. The van der Waals surface area contributed by atoms with Gasteiger partial charge in [-0.2, -0.15) is 0 Å². The summed E-state index contributed by atoms with van der Waals surface area (Å²) in [6.07, 6.45) is 5.15. The zero-order valence-electron chi connectivity index (χ0n) is 15.5. The highest BCUT2D eigenvalue weighted by Crippen LogP contribution is 2.27. The van der Waals surface area contributed by atoms with E-state index in [9.17, 15) is 9.18 Å². The van der Waals surface area contributed by atoms with E-state index >= 15 is 0 Å². The summed E-state index contributed by atoms with van der Waals surface area (Å²) < 4.78 is 13.3. The first-order chi connectivity index (χ1) is 12.6. The molecule has 4 rings (SSSR count). The number of aromatic nitrogens is 1. The molecule has 0 radical (unpaired) electrons. The number of nitrogens with one attached hydrogen (secondary N) is 1. The molecule has 2 aliphatic rings. The summed E-state index contributed by atoms with van der Waals surface area (Å²) in [7, 11) is 0. The topological polar surface area (TPSA) is 39.3 Å². The Morgan fingerprint density at radius 3 is 2.62 bits per heavy atom. The van der Waals surface area contributed by atoms with E-state index in [-0.39, 0.29) is 11.2 Å². The van der Waals surface area contributed by atoms with Crippen molar-refractivity contribution in [2.24, 2.45) is 5.92 Å². The number of nitrogens with zero attached hydrogens (tertiary/aromatic N) is 2. The average molecular weight is 357 g/mol. The molecular formula is C21H28FN3O. The van der Waals surface area contributed by atoms with Gasteiger partial charge in [-0.05, 0) is 82.9 Å². The smallest absolute Gasteiger partial charge is 0.189 e. The van der Waals surface area contributed by atoms with Gasteiger partial charge in [-0.25, -0.2) is 4.39 Å². The van der Waals surface area contributed by atoms with Crippen molar-refractivity contribution in [3.63, 3.8) is 0 Å². The molecule has 2 fully saturated rings. The van der Waals surface area contributed by atoms with Crippen molar-refractivity contribution in [3.8, 4) is 0 Å². The number of pyridine rings is 1. The van der Waals surface area contributed by atoms with Crippen molar-refractivity contribution in [2.45, 2.75) is 45.2 Å². The molecule has 0 bridgehead atoms. The molecule has 0 saturated carbocycles. The number of H-pyrrole nitrogens is 1. The lowest BCUT2D eigenvalue weighted by atomic mass is 9.89. The minimum absolute atomic E-state index is 0.106. The number of fused-ring (bicyclic) bond motifs is 1. The van der Waals surface area contributed by atoms with Gasteiger partial charge in [0.1, 0.15) is 5.82 Å². The lowest BCUT2D eigenvalue weighted by Crippen LogP contribution is -2.43. The van der Waals surface area contributed by atoms with Gasteiger partial charge >= 0.3 is 0 Å². The fourth-order valence-electron chi connectivity index (χ4n) is 4.64. The number of likely N-dealkylation sites (tertiary alicyclic amines) is 2. The second-order valence-electron chi connectivity index (χ2n) is 7.95. The van der Waals surface area contributed by atoms with Crippen LogP contribution >= 0.6 is 0 Å². The van der Waals surface area contributed by atoms with Gasteiger partial charge in [-0.3, -0.25) is 9.69 Å². The molecule has 1 aromatic heterocycles. The van der Waals surface area contributed by atoms with Crippen LogP contribution in [0.25, 0.3) is 10.9 Å². The highest BCUT2D eigenvalue weighted by Gasteiger charge is 2.29. The van der Waals surface area contributed by atoms with E-state index in [2.05, 4.69) is 21.7 Å². The number of aromatic amines is 1. The predicted octanol–water partition coefficient (Wildman–Crippen LogP) is 3.36. The number of rotatable bonds is 4. The van der Waals surface area contributed by atoms with Crippen LogP contribution in [0.15, 0.2) is 29.1 Å². The van der Waals surface area contributed by atoms with Crippen molar-refractivity contribution in [1.82, 2.24) is 14.8 Å². The Balaban J connectivity index is 1.39. The summed E-state index contributed by atoms with van der Waals surface area (Å²) in [4.78, 5) is 20.7. The molecule has 140 valence electrons. The van der Waals surface area contributed by atoms with Crippen LogP contribution in [-0.2, 0) is 6.54 Å². The van der Waals surface area contributed by atoms with E-state index in [1.807, 2.05) is 0 Å². The molecule has 0 spiro atoms. The zero-order valence-corrected chi connectivity index (χ0v) is 15.5. The standard InChI is InChI=1S/C21H28FN3O/c1-15(25-8-2-3-9-25)16-6-10-24(11-7-16)14-18-13-21(26)19-12-17(22)4-5-20(19)23-18/h4-5,12-13,15-16H,2-3,6-11,14H2,1H3,(H,23,26)/t15-/m0/s1. The van der Waals surface area contributed by atoms with Crippen molar-refractivity contribution in [2.75, 3.05) is 26.2 Å². The van der Waals surface area contributed by atoms with E-state index in [1.165, 1.54) is 50.9 Å². The number of hydrogen-bond donors (Lipinski definition) is 1. The average Bonchev–Trinajstić information content (AvgIpc) is 3.17. The quantitative estimate of drug-likeness (QED) is 0.912. The summed E-state index contributed by atoms with van der Waals surface area (Å²) >= 11 is 0. The van der Waals surface area contributed by atoms with Crippen molar-refractivity contribution in [3.05, 3.63) is 46.0 Å². The maximum absolute atomic E-state index is 13.3. The lowest BCUT2D eigenvalue weighted by Gasteiger charge is -2.38. The lowest BCUT2D eigenvalue weighted by molar-refractivity contribution is 0.107. The minimum Gasteiger partial charge on any atom is -0.357 e. The number of piperidine rings is 1. The summed E-state index contributed by atoms with van der Waals surface area (Å²) in [5, 5.41) is 0.423. The molecule has 0 amide bonds. The number of hydrogen-bond acceptors (Lipinski definition) is 3. The fraction of sp³-hybridized carbons (Fsp3) is 0.571. The van der Waals surface area contributed by atoms with Gasteiger partial charge in [0, 0.05) is 35.2 Å². The highest BCUT2D eigenvalue weighted by molar-refractivity contribution is 5.78. The van der Waals surface area contributed by atoms with Gasteiger partial charge in [-0.1, -0.05) is 0 Å². The molecule has 4 nitrogen and oxygen atoms in total. The molecule has 1 aromatic carbocycles. The zero-order chi connectivity index (χ0) is 18.1. The van der Waals surface area contributed by atoms with E-state index < -0.39 is 0 Å². The molecule has 5 heteroatoms. The van der Waals surface area contributed by atoms with Crippen molar-refractivity contribution < 1.29 is 4.39 Å². The first-order valence-corrected chi connectivity index (χ1v) is 9.88. The number of halogens is 1. The second kappa shape index (κ2) is 7.49. The third-order valence-electron chi connectivity index (χ3n) is 6.27. The van der Waals surface area contributed by atoms with Gasteiger partial charge in [0.15, 0.2) is 5.43 Å². The monoisotopic (exact) mass is 357 g/mol. The summed E-state index contributed by atoms with van der Waals surface area (Å²) in [6, 6.07) is 6.67. The molecule has 1 atom stereocenters. The van der Waals surface area contributed by atoms with Crippen LogP contribution in [0.4, 0.5) is 4.39 Å². The SMILES string of the molecule is C[C@@H](C1CCN(Cc2cc(=O)c3cc(F)ccc3[nH]2)CC1)N1CCCC1. The molecule has 3 heterocycles. The van der Waals surface area contributed by atoms with Crippen LogP contribution in [0.3, 0.4) is 0 Å². The van der Waals surface area contributed by atoms with Gasteiger partial charge < -0.3 is 9.88 Å². The molecule has 2 aromatic rings. The third kappa shape index (κ3) is 3.69. The molecule has 2 saturated heterocycles. The maximum atomic E-state index is 13.3. The predicted molar refractivity (Wildman–Crippen MR) is 103 cm³/mol. The number of benzene rings is 1. The summed E-state index contributed by atoms with van der Waals surface area (Å²) in [6.45, 7) is 7.83. The Morgan fingerprint density at radius 2 is 1.88 bits per heavy atom. The van der Waals surface area contributed by atoms with Crippen LogP contribution in [0.5, 0.6) is 0 Å². The molecule has 1 N–H and O–H groups in total. The molecule has 26 heavy (non-hydrogen) atoms. The Bertz CT molecular complexity index is 820. The first-order valence-electron chi connectivity index (χ1n) is 9.88. The maximum Gasteiger partial charge on any atom is 0.189 e. The van der Waals surface area contributed by atoms with Crippen LogP contribution in [-0.4, -0.2) is 47.0 Å². The van der Waals surface area contributed by atoms with E-state index in [0.717, 1.165) is 31.2 Å². The summed E-state index contributed by atoms with van der Waals surface area (Å²) in [5.41, 5.74) is 1.53. The van der Waals surface area contributed by atoms with Gasteiger partial charge in [0.25, 0.3) is 0 Å². The Labute approximate surface area is 154 Å². The first kappa shape index (κ1) is 17.7. The Hall–Kier alpha value is -1.72. The molecular weight excluding hydrogens is 329 g/mol. The highest BCUT2D eigenvalue weighted by atomic mass is 19.1. The van der Waals surface area contributed by atoms with Crippen molar-refractivity contribution in [1.29, 1.82) is 0 Å². The van der Waals surface area contributed by atoms with Gasteiger partial charge in [0.05, 0.1) is 0 Å². The second-order valence-corrected chi connectivity index (χ2v) is 7.95. The van der Waals surface area contributed by atoms with Crippen molar-refractivity contribution >= 4 is 10.9 Å². The Morgan fingerprint density at radius 1 is 1.15 bits per heavy atom. The van der Waals surface area contributed by atoms with Crippen LogP contribution in [0, 0.1) is 11.7 Å². The normalized spacial score (nSPS) is 21.5. The third-order valence-corrected chi connectivity index (χ3v) is 6.27. The molecule has 0 unspecified atom stereocenters. The van der Waals surface area contributed by atoms with Gasteiger partial charge in [0.2, 0.25) is 0 Å². The van der Waals surface area contributed by atoms with E-state index in [0.29, 0.717) is 16.9 Å². The van der Waals surface area contributed by atoms with Crippen LogP contribution in [0.1, 0.15) is 38.3 Å². The Kier molecular flexibility index (Phi) is 5.09. The van der Waals surface area contributed by atoms with E-state index in [4.69, 9.17) is 0 Å². The fourth-order valence-corrected chi connectivity index (χ4v) is 4.64. The van der Waals surface area contributed by atoms with Gasteiger partial charge in [-0.15, -0.1) is 0 Å². The molecule has 2 aliphatic heterocycles. The summed E-state index contributed by atoms with van der Waals surface area (Å²) in [5.74, 6) is 0.410. The minimum atomic E-state index is -0.370.